The maximum atomic E-state index is 3.82. The van der Waals surface area contributed by atoms with Gasteiger partial charge in [0.2, 0.25) is 0 Å². The van der Waals surface area contributed by atoms with Gasteiger partial charge in [-0.2, -0.15) is 0 Å². The number of rotatable bonds is 3. The van der Waals surface area contributed by atoms with Crippen molar-refractivity contribution in [3.8, 4) is 0 Å². The normalized spacial score (nSPS) is 26.4. The minimum atomic E-state index is 0.347. The topological polar surface area (TPSA) is 6.48 Å². The third-order valence-corrected chi connectivity index (χ3v) is 9.56. The van der Waals surface area contributed by atoms with Crippen LogP contribution in [0.15, 0.2) is 112 Å². The van der Waals surface area contributed by atoms with Crippen molar-refractivity contribution in [2.24, 2.45) is 5.92 Å². The SMILES string of the molecule is Brc1ccc(N2[C@@H]3c4cc(Br)ccc4N4[C@@H](c5ccccc5)CC[C@@H]4[C@@H]3C[C@H]2c2ccccc2)cc1. The van der Waals surface area contributed by atoms with E-state index in [0.29, 0.717) is 30.1 Å². The fourth-order valence-corrected chi connectivity index (χ4v) is 7.82. The maximum absolute atomic E-state index is 3.82. The molecule has 5 atom stereocenters. The minimum absolute atomic E-state index is 0.347. The van der Waals surface area contributed by atoms with E-state index in [9.17, 15) is 0 Å². The second-order valence-corrected chi connectivity index (χ2v) is 12.2. The van der Waals surface area contributed by atoms with Crippen LogP contribution in [0.5, 0.6) is 0 Å². The van der Waals surface area contributed by atoms with Crippen LogP contribution in [-0.4, -0.2) is 6.04 Å². The highest BCUT2D eigenvalue weighted by Crippen LogP contribution is 2.61. The Labute approximate surface area is 230 Å². The van der Waals surface area contributed by atoms with Crippen molar-refractivity contribution < 1.29 is 0 Å². The summed E-state index contributed by atoms with van der Waals surface area (Å²) in [5.41, 5.74) is 7.02. The van der Waals surface area contributed by atoms with Gasteiger partial charge in [-0.15, -0.1) is 0 Å². The lowest BCUT2D eigenvalue weighted by molar-refractivity contribution is 0.366. The van der Waals surface area contributed by atoms with Crippen LogP contribution in [0.4, 0.5) is 11.4 Å². The molecule has 3 aliphatic heterocycles. The lowest BCUT2D eigenvalue weighted by Crippen LogP contribution is -2.45. The molecule has 4 heteroatoms. The molecule has 0 unspecified atom stereocenters. The van der Waals surface area contributed by atoms with E-state index in [1.165, 1.54) is 47.3 Å². The minimum Gasteiger partial charge on any atom is -0.361 e. The first-order valence-electron chi connectivity index (χ1n) is 12.9. The van der Waals surface area contributed by atoms with Gasteiger partial charge in [-0.25, -0.2) is 0 Å². The highest BCUT2D eigenvalue weighted by molar-refractivity contribution is 9.10. The molecule has 0 spiro atoms. The average Bonchev–Trinajstić information content (AvgIpc) is 3.53. The van der Waals surface area contributed by atoms with Crippen molar-refractivity contribution in [3.63, 3.8) is 0 Å². The summed E-state index contributed by atoms with van der Waals surface area (Å²) >= 11 is 7.48. The molecule has 36 heavy (non-hydrogen) atoms. The van der Waals surface area contributed by atoms with E-state index in [1.54, 1.807) is 0 Å². The summed E-state index contributed by atoms with van der Waals surface area (Å²) in [7, 11) is 0. The maximum Gasteiger partial charge on any atom is 0.0618 e. The standard InChI is InChI=1S/C32H28Br2N2/c33-23-11-14-25(15-12-23)35-31(22-9-5-2-6-10-22)20-27-30-18-17-28(21-7-3-1-4-8-21)36(30)29-16-13-24(34)19-26(29)32(27)35/h1-16,19,27-28,30-32H,17-18,20H2/t27-,28+,30+,31-,32+/m0/s1. The van der Waals surface area contributed by atoms with Gasteiger partial charge in [-0.1, -0.05) is 92.5 Å². The zero-order valence-corrected chi connectivity index (χ0v) is 23.1. The van der Waals surface area contributed by atoms with E-state index in [2.05, 4.69) is 145 Å². The predicted molar refractivity (Wildman–Crippen MR) is 155 cm³/mol. The van der Waals surface area contributed by atoms with Crippen molar-refractivity contribution in [2.75, 3.05) is 9.80 Å². The van der Waals surface area contributed by atoms with Crippen LogP contribution in [0.1, 0.15) is 54.1 Å². The molecule has 7 rings (SSSR count). The molecule has 0 aliphatic carbocycles. The van der Waals surface area contributed by atoms with Crippen LogP contribution < -0.4 is 9.80 Å². The van der Waals surface area contributed by atoms with Crippen LogP contribution in [0.2, 0.25) is 0 Å². The largest absolute Gasteiger partial charge is 0.361 e. The van der Waals surface area contributed by atoms with Gasteiger partial charge in [0.15, 0.2) is 0 Å². The van der Waals surface area contributed by atoms with Crippen LogP contribution in [-0.2, 0) is 0 Å². The van der Waals surface area contributed by atoms with E-state index in [0.717, 1.165) is 8.95 Å². The van der Waals surface area contributed by atoms with Crippen LogP contribution in [0.3, 0.4) is 0 Å². The van der Waals surface area contributed by atoms with Gasteiger partial charge < -0.3 is 9.80 Å². The highest BCUT2D eigenvalue weighted by atomic mass is 79.9. The summed E-state index contributed by atoms with van der Waals surface area (Å²) in [5, 5.41) is 0. The number of nitrogens with zero attached hydrogens (tertiary/aromatic N) is 2. The zero-order valence-electron chi connectivity index (χ0n) is 20.0. The number of hydrogen-bond donors (Lipinski definition) is 0. The van der Waals surface area contributed by atoms with Gasteiger partial charge >= 0.3 is 0 Å². The quantitative estimate of drug-likeness (QED) is 0.231. The fourth-order valence-electron chi connectivity index (χ4n) is 7.18. The molecule has 3 heterocycles. The van der Waals surface area contributed by atoms with E-state index < -0.39 is 0 Å². The molecule has 0 N–H and O–H groups in total. The Morgan fingerprint density at radius 2 is 1.25 bits per heavy atom. The Hall–Kier alpha value is -2.56. The zero-order chi connectivity index (χ0) is 24.2. The van der Waals surface area contributed by atoms with Gasteiger partial charge in [0, 0.05) is 32.3 Å². The smallest absolute Gasteiger partial charge is 0.0618 e. The van der Waals surface area contributed by atoms with Gasteiger partial charge in [0.1, 0.15) is 0 Å². The molecule has 0 amide bonds. The van der Waals surface area contributed by atoms with Gasteiger partial charge in [-0.05, 0) is 78.4 Å². The second kappa shape index (κ2) is 9.08. The summed E-state index contributed by atoms with van der Waals surface area (Å²) in [5.74, 6) is 0.564. The highest BCUT2D eigenvalue weighted by Gasteiger charge is 2.54. The molecule has 4 aromatic carbocycles. The van der Waals surface area contributed by atoms with Crippen LogP contribution in [0.25, 0.3) is 0 Å². The van der Waals surface area contributed by atoms with Crippen molar-refractivity contribution in [3.05, 3.63) is 129 Å². The van der Waals surface area contributed by atoms with Crippen molar-refractivity contribution in [1.82, 2.24) is 0 Å². The third-order valence-electron chi connectivity index (χ3n) is 8.54. The molecule has 0 aromatic heterocycles. The molecule has 2 nitrogen and oxygen atoms in total. The molecule has 0 radical (unpaired) electrons. The second-order valence-electron chi connectivity index (χ2n) is 10.3. The van der Waals surface area contributed by atoms with E-state index in [4.69, 9.17) is 0 Å². The first kappa shape index (κ1) is 22.6. The summed E-state index contributed by atoms with van der Waals surface area (Å²) in [6.07, 6.45) is 3.62. The first-order chi connectivity index (χ1) is 17.7. The lowest BCUT2D eigenvalue weighted by atomic mass is 9.81. The molecular weight excluding hydrogens is 572 g/mol. The Morgan fingerprint density at radius 1 is 0.611 bits per heavy atom. The van der Waals surface area contributed by atoms with Crippen LogP contribution in [0, 0.1) is 5.92 Å². The number of hydrogen-bond acceptors (Lipinski definition) is 2. The third kappa shape index (κ3) is 3.64. The summed E-state index contributed by atoms with van der Waals surface area (Å²) in [6.45, 7) is 0. The van der Waals surface area contributed by atoms with Crippen molar-refractivity contribution >= 4 is 43.2 Å². The molecule has 0 saturated carbocycles. The number of halogens is 2. The Morgan fingerprint density at radius 3 is 1.94 bits per heavy atom. The van der Waals surface area contributed by atoms with Gasteiger partial charge in [0.25, 0.3) is 0 Å². The van der Waals surface area contributed by atoms with Crippen molar-refractivity contribution in [2.45, 2.75) is 43.4 Å². The van der Waals surface area contributed by atoms with E-state index in [-0.39, 0.29) is 0 Å². The number of anilines is 2. The molecule has 180 valence electrons. The summed E-state index contributed by atoms with van der Waals surface area (Å²) in [6, 6.07) is 39.9. The molecule has 2 saturated heterocycles. The fraction of sp³-hybridized carbons (Fsp3) is 0.250. The summed E-state index contributed by atoms with van der Waals surface area (Å²) < 4.78 is 2.28. The lowest BCUT2D eigenvalue weighted by Gasteiger charge is -2.46. The molecule has 3 aliphatic rings. The van der Waals surface area contributed by atoms with Crippen LogP contribution >= 0.6 is 31.9 Å². The average molecular weight is 600 g/mol. The van der Waals surface area contributed by atoms with Crippen molar-refractivity contribution in [1.29, 1.82) is 0 Å². The Balaban J connectivity index is 1.40. The Bertz CT molecular complexity index is 1370. The molecule has 0 bridgehead atoms. The van der Waals surface area contributed by atoms with Gasteiger partial charge in [-0.3, -0.25) is 0 Å². The molecule has 4 aromatic rings. The van der Waals surface area contributed by atoms with E-state index in [1.807, 2.05) is 0 Å². The molecule has 2 fully saturated rings. The Kier molecular flexibility index (Phi) is 5.70. The predicted octanol–water partition coefficient (Wildman–Crippen LogP) is 9.24. The van der Waals surface area contributed by atoms with E-state index >= 15 is 0 Å². The number of benzene rings is 4. The molecular formula is C32H28Br2N2. The van der Waals surface area contributed by atoms with Gasteiger partial charge in [0.05, 0.1) is 18.1 Å². The number of fused-ring (bicyclic) bond motifs is 6. The first-order valence-corrected chi connectivity index (χ1v) is 14.5. The summed E-state index contributed by atoms with van der Waals surface area (Å²) in [4.78, 5) is 5.51. The monoisotopic (exact) mass is 598 g/mol.